The minimum atomic E-state index is -1.64. The molecule has 2 aromatic rings. The summed E-state index contributed by atoms with van der Waals surface area (Å²) in [6.07, 6.45) is -3.73. The maximum Gasteiger partial charge on any atom is 0.280 e. The number of nitrogens with zero attached hydrogens (tertiary/aromatic N) is 3. The molecular formula is C11H15N5O6S. The standard InChI is InChI=1S/C11H15N5O6S/c1-23(21)11-13-4-7(14-10(12)15-8(4)20)16(11)9-6(19)5(18)3(2-17)22-9/h3,5-6,9,17-19H,2H2,1H3,(H3,12,14,15,20). The maximum atomic E-state index is 11.9. The lowest BCUT2D eigenvalue weighted by Crippen LogP contribution is -2.33. The summed E-state index contributed by atoms with van der Waals surface area (Å²) in [5, 5.41) is 29.1. The molecule has 126 valence electrons. The van der Waals surface area contributed by atoms with E-state index in [9.17, 15) is 24.3 Å². The third kappa shape index (κ3) is 2.44. The predicted molar refractivity (Wildman–Crippen MR) is 77.9 cm³/mol. The molecule has 0 bridgehead atoms. The summed E-state index contributed by atoms with van der Waals surface area (Å²) in [7, 11) is -1.64. The first-order chi connectivity index (χ1) is 10.8. The van der Waals surface area contributed by atoms with Crippen molar-refractivity contribution in [2.24, 2.45) is 0 Å². The van der Waals surface area contributed by atoms with E-state index in [1.807, 2.05) is 0 Å². The molecule has 1 saturated heterocycles. The van der Waals surface area contributed by atoms with E-state index in [4.69, 9.17) is 10.5 Å². The number of anilines is 1. The molecule has 0 aromatic carbocycles. The molecule has 3 heterocycles. The average Bonchev–Trinajstić information content (AvgIpc) is 2.99. The maximum absolute atomic E-state index is 11.9. The molecule has 0 aliphatic carbocycles. The molecule has 12 heteroatoms. The van der Waals surface area contributed by atoms with Gasteiger partial charge in [0.25, 0.3) is 5.56 Å². The van der Waals surface area contributed by atoms with Crippen molar-refractivity contribution in [3.63, 3.8) is 0 Å². The number of aromatic amines is 1. The van der Waals surface area contributed by atoms with E-state index in [1.54, 1.807) is 0 Å². The molecule has 3 rings (SSSR count). The van der Waals surface area contributed by atoms with Gasteiger partial charge in [-0.2, -0.15) is 4.98 Å². The van der Waals surface area contributed by atoms with Gasteiger partial charge in [-0.15, -0.1) is 0 Å². The molecule has 2 aromatic heterocycles. The van der Waals surface area contributed by atoms with E-state index < -0.39 is 47.5 Å². The molecule has 1 aliphatic heterocycles. The lowest BCUT2D eigenvalue weighted by molar-refractivity contribution is -0.0549. The summed E-state index contributed by atoms with van der Waals surface area (Å²) in [5.74, 6) is -0.191. The normalized spacial score (nSPS) is 29.2. The SMILES string of the molecule is CS(=O)c1nc2c(=O)[nH]c(N)nc2n1C1OC(CO)C(O)C1O. The number of fused-ring (bicyclic) bond motifs is 1. The fraction of sp³-hybridized carbons (Fsp3) is 0.545. The second kappa shape index (κ2) is 5.65. The predicted octanol–water partition coefficient (Wildman–Crippen LogP) is -2.95. The third-order valence-electron chi connectivity index (χ3n) is 3.57. The van der Waals surface area contributed by atoms with Crippen molar-refractivity contribution < 1.29 is 24.3 Å². The molecule has 23 heavy (non-hydrogen) atoms. The minimum Gasteiger partial charge on any atom is -0.394 e. The van der Waals surface area contributed by atoms with Gasteiger partial charge >= 0.3 is 0 Å². The topological polar surface area (TPSA) is 177 Å². The number of hydrogen-bond donors (Lipinski definition) is 5. The van der Waals surface area contributed by atoms with Gasteiger partial charge in [-0.3, -0.25) is 18.6 Å². The van der Waals surface area contributed by atoms with Gasteiger partial charge in [0.15, 0.2) is 17.4 Å². The number of aliphatic hydroxyl groups is 3. The summed E-state index contributed by atoms with van der Waals surface area (Å²) >= 11 is 0. The number of aromatic nitrogens is 4. The van der Waals surface area contributed by atoms with Crippen molar-refractivity contribution in [3.8, 4) is 0 Å². The Morgan fingerprint density at radius 1 is 1.39 bits per heavy atom. The summed E-state index contributed by atoms with van der Waals surface area (Å²) in [6, 6.07) is 0. The van der Waals surface area contributed by atoms with Gasteiger partial charge in [0.2, 0.25) is 11.1 Å². The Labute approximate surface area is 131 Å². The smallest absolute Gasteiger partial charge is 0.280 e. The lowest BCUT2D eigenvalue weighted by Gasteiger charge is -2.18. The lowest BCUT2D eigenvalue weighted by atomic mass is 10.1. The number of rotatable bonds is 3. The van der Waals surface area contributed by atoms with Gasteiger partial charge < -0.3 is 25.8 Å². The van der Waals surface area contributed by atoms with E-state index in [-0.39, 0.29) is 22.3 Å². The molecular weight excluding hydrogens is 330 g/mol. The number of nitrogens with two attached hydrogens (primary N) is 1. The number of ether oxygens (including phenoxy) is 1. The monoisotopic (exact) mass is 345 g/mol. The Kier molecular flexibility index (Phi) is 3.93. The first kappa shape index (κ1) is 16.0. The van der Waals surface area contributed by atoms with Gasteiger partial charge in [-0.1, -0.05) is 0 Å². The Morgan fingerprint density at radius 3 is 2.65 bits per heavy atom. The van der Waals surface area contributed by atoms with Gasteiger partial charge in [-0.25, -0.2) is 4.98 Å². The molecule has 0 radical (unpaired) electrons. The van der Waals surface area contributed by atoms with Crippen molar-refractivity contribution in [2.45, 2.75) is 29.7 Å². The zero-order valence-corrected chi connectivity index (χ0v) is 12.7. The molecule has 0 amide bonds. The average molecular weight is 345 g/mol. The van der Waals surface area contributed by atoms with Crippen molar-refractivity contribution in [1.82, 2.24) is 19.5 Å². The van der Waals surface area contributed by atoms with Crippen LogP contribution in [0.15, 0.2) is 9.95 Å². The van der Waals surface area contributed by atoms with Gasteiger partial charge in [-0.05, 0) is 0 Å². The van der Waals surface area contributed by atoms with E-state index in [0.29, 0.717) is 0 Å². The van der Waals surface area contributed by atoms with Crippen LogP contribution in [0.25, 0.3) is 11.2 Å². The Balaban J connectivity index is 2.25. The highest BCUT2D eigenvalue weighted by molar-refractivity contribution is 7.84. The molecule has 0 saturated carbocycles. The second-order valence-corrected chi connectivity index (χ2v) is 6.34. The van der Waals surface area contributed by atoms with Crippen molar-refractivity contribution in [2.75, 3.05) is 18.6 Å². The van der Waals surface area contributed by atoms with Crippen LogP contribution in [-0.2, 0) is 15.5 Å². The van der Waals surface area contributed by atoms with Crippen molar-refractivity contribution >= 4 is 27.9 Å². The Morgan fingerprint density at radius 2 is 2.09 bits per heavy atom. The molecule has 0 spiro atoms. The summed E-state index contributed by atoms with van der Waals surface area (Å²) < 4.78 is 18.5. The van der Waals surface area contributed by atoms with Crippen LogP contribution in [0, 0.1) is 0 Å². The fourth-order valence-electron chi connectivity index (χ4n) is 2.51. The summed E-state index contributed by atoms with van der Waals surface area (Å²) in [6.45, 7) is -0.526. The summed E-state index contributed by atoms with van der Waals surface area (Å²) in [4.78, 5) is 22.1. The number of aliphatic hydroxyl groups excluding tert-OH is 3. The van der Waals surface area contributed by atoms with Crippen LogP contribution in [0.3, 0.4) is 0 Å². The Bertz CT molecular complexity index is 834. The van der Waals surface area contributed by atoms with Crippen LogP contribution in [0.1, 0.15) is 6.23 Å². The number of nitrogens with one attached hydrogen (secondary N) is 1. The van der Waals surface area contributed by atoms with Crippen LogP contribution < -0.4 is 11.3 Å². The molecule has 1 fully saturated rings. The summed E-state index contributed by atoms with van der Waals surface area (Å²) in [5.41, 5.74) is 4.72. The van der Waals surface area contributed by atoms with Crippen LogP contribution in [0.4, 0.5) is 5.95 Å². The van der Waals surface area contributed by atoms with E-state index in [1.165, 1.54) is 6.26 Å². The highest BCUT2D eigenvalue weighted by Gasteiger charge is 2.45. The van der Waals surface area contributed by atoms with Gasteiger partial charge in [0.1, 0.15) is 18.3 Å². The highest BCUT2D eigenvalue weighted by atomic mass is 32.2. The molecule has 1 aliphatic rings. The van der Waals surface area contributed by atoms with Crippen LogP contribution >= 0.6 is 0 Å². The highest BCUT2D eigenvalue weighted by Crippen LogP contribution is 2.33. The second-order valence-electron chi connectivity index (χ2n) is 5.07. The minimum absolute atomic E-state index is 0.0358. The fourth-order valence-corrected chi connectivity index (χ4v) is 3.19. The molecule has 6 N–H and O–H groups in total. The molecule has 11 nitrogen and oxygen atoms in total. The van der Waals surface area contributed by atoms with Crippen molar-refractivity contribution in [1.29, 1.82) is 0 Å². The number of hydrogen-bond acceptors (Lipinski definition) is 9. The first-order valence-electron chi connectivity index (χ1n) is 6.58. The van der Waals surface area contributed by atoms with Crippen LogP contribution in [0.2, 0.25) is 0 Å². The van der Waals surface area contributed by atoms with Crippen molar-refractivity contribution in [3.05, 3.63) is 10.4 Å². The van der Waals surface area contributed by atoms with Crippen LogP contribution in [-0.4, -0.2) is 70.2 Å². The zero-order valence-electron chi connectivity index (χ0n) is 11.9. The third-order valence-corrected chi connectivity index (χ3v) is 4.37. The van der Waals surface area contributed by atoms with Gasteiger partial charge in [0.05, 0.1) is 17.4 Å². The number of H-pyrrole nitrogens is 1. The van der Waals surface area contributed by atoms with E-state index >= 15 is 0 Å². The molecule has 5 unspecified atom stereocenters. The number of imidazole rings is 1. The van der Waals surface area contributed by atoms with E-state index in [0.717, 1.165) is 4.57 Å². The molecule has 5 atom stereocenters. The number of nitrogen functional groups attached to an aromatic ring is 1. The van der Waals surface area contributed by atoms with E-state index in [2.05, 4.69) is 15.0 Å². The van der Waals surface area contributed by atoms with Gasteiger partial charge in [0, 0.05) is 6.26 Å². The first-order valence-corrected chi connectivity index (χ1v) is 8.14. The zero-order chi connectivity index (χ0) is 16.9. The largest absolute Gasteiger partial charge is 0.394 e. The van der Waals surface area contributed by atoms with Crippen LogP contribution in [0.5, 0.6) is 0 Å². The Hall–Kier alpha value is -1.86. The quantitative estimate of drug-likeness (QED) is 0.389.